The molecule has 2 aromatic carbocycles. The molecule has 1 aliphatic rings. The van der Waals surface area contributed by atoms with E-state index in [1.807, 2.05) is 18.3 Å². The average molecular weight is 417 g/mol. The maximum atomic E-state index is 13.2. The highest BCUT2D eigenvalue weighted by molar-refractivity contribution is 5.80. The number of hydrogen-bond donors (Lipinski definition) is 0. The first-order valence-corrected chi connectivity index (χ1v) is 10.5. The van der Waals surface area contributed by atoms with Crippen LogP contribution >= 0.6 is 0 Å². The number of ether oxygens (including phenoxy) is 2. The first-order chi connectivity index (χ1) is 14.5. The summed E-state index contributed by atoms with van der Waals surface area (Å²) < 4.78 is 53.2. The molecule has 6 heteroatoms. The zero-order valence-electron chi connectivity index (χ0n) is 16.8. The van der Waals surface area contributed by atoms with E-state index < -0.39 is 11.7 Å². The Kier molecular flexibility index (Phi) is 6.44. The highest BCUT2D eigenvalue weighted by Crippen LogP contribution is 2.32. The van der Waals surface area contributed by atoms with Crippen molar-refractivity contribution in [3.8, 4) is 0 Å². The van der Waals surface area contributed by atoms with Crippen LogP contribution in [0.25, 0.3) is 10.9 Å². The molecule has 0 spiro atoms. The largest absolute Gasteiger partial charge is 0.416 e. The van der Waals surface area contributed by atoms with Crippen LogP contribution in [0.15, 0.2) is 54.7 Å². The zero-order chi connectivity index (χ0) is 21.0. The maximum Gasteiger partial charge on any atom is 0.416 e. The number of fused-ring (bicyclic) bond motifs is 1. The summed E-state index contributed by atoms with van der Waals surface area (Å²) in [5.41, 5.74) is 1.89. The second-order valence-electron chi connectivity index (χ2n) is 7.72. The second kappa shape index (κ2) is 9.23. The summed E-state index contributed by atoms with van der Waals surface area (Å²) in [5, 5.41) is 1.11. The van der Waals surface area contributed by atoms with Crippen LogP contribution in [0.1, 0.15) is 36.0 Å². The number of rotatable bonds is 7. The van der Waals surface area contributed by atoms with E-state index in [4.69, 9.17) is 9.47 Å². The van der Waals surface area contributed by atoms with Crippen molar-refractivity contribution in [2.24, 2.45) is 0 Å². The molecule has 1 aliphatic heterocycles. The third-order valence-corrected chi connectivity index (χ3v) is 5.62. The molecule has 2 heterocycles. The van der Waals surface area contributed by atoms with Crippen molar-refractivity contribution in [3.05, 3.63) is 71.4 Å². The Bertz CT molecular complexity index is 974. The van der Waals surface area contributed by atoms with E-state index in [1.165, 1.54) is 6.07 Å². The third-order valence-electron chi connectivity index (χ3n) is 5.62. The van der Waals surface area contributed by atoms with Gasteiger partial charge in [-0.2, -0.15) is 13.2 Å². The molecule has 160 valence electrons. The smallest absolute Gasteiger partial charge is 0.353 e. The minimum atomic E-state index is -4.32. The quantitative estimate of drug-likeness (QED) is 0.472. The molecule has 0 bridgehead atoms. The van der Waals surface area contributed by atoms with E-state index in [1.54, 1.807) is 12.1 Å². The fraction of sp³-hybridized carbons (Fsp3) is 0.417. The molecule has 0 radical (unpaired) electrons. The first kappa shape index (κ1) is 20.9. The van der Waals surface area contributed by atoms with Gasteiger partial charge in [0.15, 0.2) is 6.29 Å². The Labute approximate surface area is 174 Å². The van der Waals surface area contributed by atoms with Gasteiger partial charge in [-0.05, 0) is 66.8 Å². The Morgan fingerprint density at radius 3 is 2.70 bits per heavy atom. The van der Waals surface area contributed by atoms with Gasteiger partial charge in [0.05, 0.1) is 12.2 Å². The molecule has 1 saturated heterocycles. The van der Waals surface area contributed by atoms with E-state index in [0.29, 0.717) is 31.6 Å². The third kappa shape index (κ3) is 5.05. The van der Waals surface area contributed by atoms with Crippen LogP contribution in [0.5, 0.6) is 0 Å². The molecule has 0 amide bonds. The van der Waals surface area contributed by atoms with Gasteiger partial charge in [0.2, 0.25) is 0 Å². The van der Waals surface area contributed by atoms with Gasteiger partial charge >= 0.3 is 6.18 Å². The average Bonchev–Trinajstić information content (AvgIpc) is 3.15. The van der Waals surface area contributed by atoms with Gasteiger partial charge in [-0.15, -0.1) is 0 Å². The van der Waals surface area contributed by atoms with Crippen LogP contribution < -0.4 is 0 Å². The van der Waals surface area contributed by atoms with Crippen LogP contribution in [0.4, 0.5) is 13.2 Å². The molecular weight excluding hydrogens is 391 g/mol. The predicted molar refractivity (Wildman–Crippen MR) is 110 cm³/mol. The molecule has 1 fully saturated rings. The van der Waals surface area contributed by atoms with Gasteiger partial charge < -0.3 is 14.0 Å². The van der Waals surface area contributed by atoms with Crippen LogP contribution in [0.2, 0.25) is 0 Å². The van der Waals surface area contributed by atoms with Gasteiger partial charge in [-0.25, -0.2) is 0 Å². The lowest BCUT2D eigenvalue weighted by molar-refractivity contribution is -0.163. The van der Waals surface area contributed by atoms with Crippen molar-refractivity contribution in [2.45, 2.75) is 51.1 Å². The number of aromatic nitrogens is 1. The zero-order valence-corrected chi connectivity index (χ0v) is 16.8. The van der Waals surface area contributed by atoms with Gasteiger partial charge in [0.25, 0.3) is 0 Å². The minimum Gasteiger partial charge on any atom is -0.353 e. The van der Waals surface area contributed by atoms with Crippen molar-refractivity contribution in [3.63, 3.8) is 0 Å². The second-order valence-corrected chi connectivity index (χ2v) is 7.72. The Morgan fingerprint density at radius 1 is 1.03 bits per heavy atom. The van der Waals surface area contributed by atoms with Crippen molar-refractivity contribution < 1.29 is 22.6 Å². The number of halogens is 3. The molecule has 0 aliphatic carbocycles. The fourth-order valence-corrected chi connectivity index (χ4v) is 4.00. The Hall–Kier alpha value is -2.31. The topological polar surface area (TPSA) is 23.4 Å². The van der Waals surface area contributed by atoms with E-state index in [0.717, 1.165) is 48.4 Å². The Balaban J connectivity index is 1.41. The monoisotopic (exact) mass is 417 g/mol. The van der Waals surface area contributed by atoms with Crippen LogP contribution in [0.3, 0.4) is 0 Å². The summed E-state index contributed by atoms with van der Waals surface area (Å²) in [4.78, 5) is 0. The fourth-order valence-electron chi connectivity index (χ4n) is 4.00. The maximum absolute atomic E-state index is 13.2. The first-order valence-electron chi connectivity index (χ1n) is 10.5. The molecule has 3 aromatic rings. The lowest BCUT2D eigenvalue weighted by Gasteiger charge is -2.22. The standard InChI is InChI=1S/C24H26F3NO2/c25-24(26,27)21-6-2-1-5-19(21)10-8-18-9-11-20-12-13-28(22(20)17-18)14-16-30-23-7-3-4-15-29-23/h1-2,5-6,9,11-13,17,23H,3-4,7-8,10,14-16H2. The van der Waals surface area contributed by atoms with Crippen molar-refractivity contribution >= 4 is 10.9 Å². The lowest BCUT2D eigenvalue weighted by atomic mass is 9.99. The molecule has 3 nitrogen and oxygen atoms in total. The molecule has 1 aromatic heterocycles. The van der Waals surface area contributed by atoms with E-state index in [2.05, 4.69) is 16.7 Å². The number of nitrogens with zero attached hydrogens (tertiary/aromatic N) is 1. The molecule has 0 saturated carbocycles. The van der Waals surface area contributed by atoms with Crippen LogP contribution in [0, 0.1) is 0 Å². The number of hydrogen-bond acceptors (Lipinski definition) is 2. The van der Waals surface area contributed by atoms with Crippen LogP contribution in [-0.2, 0) is 35.0 Å². The summed E-state index contributed by atoms with van der Waals surface area (Å²) >= 11 is 0. The molecule has 0 N–H and O–H groups in total. The summed E-state index contributed by atoms with van der Waals surface area (Å²) in [7, 11) is 0. The van der Waals surface area contributed by atoms with Gasteiger partial charge in [-0.3, -0.25) is 0 Å². The summed E-state index contributed by atoms with van der Waals surface area (Å²) in [6.07, 6.45) is 1.68. The van der Waals surface area contributed by atoms with Gasteiger partial charge in [0.1, 0.15) is 0 Å². The predicted octanol–water partition coefficient (Wildman–Crippen LogP) is 5.99. The lowest BCUT2D eigenvalue weighted by Crippen LogP contribution is -2.23. The normalized spacial score (nSPS) is 17.5. The molecule has 30 heavy (non-hydrogen) atoms. The number of benzene rings is 2. The van der Waals surface area contributed by atoms with Gasteiger partial charge in [-0.1, -0.05) is 30.3 Å². The molecule has 1 unspecified atom stereocenters. The minimum absolute atomic E-state index is 0.107. The van der Waals surface area contributed by atoms with E-state index in [9.17, 15) is 13.2 Å². The van der Waals surface area contributed by atoms with Crippen molar-refractivity contribution in [1.29, 1.82) is 0 Å². The molecule has 4 rings (SSSR count). The number of aryl methyl sites for hydroxylation is 2. The van der Waals surface area contributed by atoms with E-state index in [-0.39, 0.29) is 6.29 Å². The summed E-state index contributed by atoms with van der Waals surface area (Å²) in [6, 6.07) is 14.0. The molecule has 1 atom stereocenters. The molecular formula is C24H26F3NO2. The highest BCUT2D eigenvalue weighted by atomic mass is 19.4. The van der Waals surface area contributed by atoms with E-state index >= 15 is 0 Å². The summed E-state index contributed by atoms with van der Waals surface area (Å²) in [5.74, 6) is 0. The van der Waals surface area contributed by atoms with Crippen molar-refractivity contribution in [1.82, 2.24) is 4.57 Å². The SMILES string of the molecule is FC(F)(F)c1ccccc1CCc1ccc2ccn(CCOC3CCCCO3)c2c1. The Morgan fingerprint density at radius 2 is 1.90 bits per heavy atom. The van der Waals surface area contributed by atoms with Crippen molar-refractivity contribution in [2.75, 3.05) is 13.2 Å². The summed E-state index contributed by atoms with van der Waals surface area (Å²) in [6.45, 7) is 2.04. The highest BCUT2D eigenvalue weighted by Gasteiger charge is 2.32. The number of alkyl halides is 3. The van der Waals surface area contributed by atoms with Gasteiger partial charge in [0, 0.05) is 24.9 Å². The van der Waals surface area contributed by atoms with Crippen LogP contribution in [-0.4, -0.2) is 24.1 Å².